The van der Waals surface area contributed by atoms with Gasteiger partial charge in [0.2, 0.25) is 5.91 Å². The van der Waals surface area contributed by atoms with Crippen molar-refractivity contribution in [1.82, 2.24) is 0 Å². The predicted octanol–water partition coefficient (Wildman–Crippen LogP) is 6.49. The first-order chi connectivity index (χ1) is 14.8. The van der Waals surface area contributed by atoms with Crippen LogP contribution >= 0.6 is 11.6 Å². The Balaban J connectivity index is 2.36. The molecule has 0 atom stereocenters. The van der Waals surface area contributed by atoms with Gasteiger partial charge in [-0.2, -0.15) is 0 Å². The zero-order valence-electron chi connectivity index (χ0n) is 20.0. The van der Waals surface area contributed by atoms with Gasteiger partial charge in [0.15, 0.2) is 12.0 Å². The number of likely N-dealkylation sites (N-methyl/N-ethyl adjacent to an activating group) is 1. The highest BCUT2D eigenvalue weighted by molar-refractivity contribution is 6.31. The highest BCUT2D eigenvalue weighted by Crippen LogP contribution is 2.32. The van der Waals surface area contributed by atoms with E-state index in [-0.39, 0.29) is 5.91 Å². The van der Waals surface area contributed by atoms with Gasteiger partial charge in [-0.05, 0) is 25.0 Å². The summed E-state index contributed by atoms with van der Waals surface area (Å²) in [5, 5.41) is 3.08. The summed E-state index contributed by atoms with van der Waals surface area (Å²) in [5.74, 6) is 0.148. The maximum atomic E-state index is 11.5. The van der Waals surface area contributed by atoms with Crippen molar-refractivity contribution in [3.05, 3.63) is 22.7 Å². The summed E-state index contributed by atoms with van der Waals surface area (Å²) in [6, 6.07) is 3.16. The van der Waals surface area contributed by atoms with Gasteiger partial charge in [0.05, 0.1) is 31.9 Å². The number of amides is 1. The number of rotatable bonds is 17. The normalized spacial score (nSPS) is 11.4. The van der Waals surface area contributed by atoms with E-state index in [0.717, 1.165) is 17.6 Å². The summed E-state index contributed by atoms with van der Waals surface area (Å²) < 4.78 is 6.79. The summed E-state index contributed by atoms with van der Waals surface area (Å²) in [6.45, 7) is 6.05. The number of nitrogens with zero attached hydrogens (tertiary/aromatic N) is 1. The van der Waals surface area contributed by atoms with Crippen molar-refractivity contribution in [2.75, 3.05) is 39.1 Å². The smallest absolute Gasteiger partial charge is 0.221 e. The van der Waals surface area contributed by atoms with E-state index in [1.54, 1.807) is 12.1 Å². The predicted molar refractivity (Wildman–Crippen MR) is 130 cm³/mol. The van der Waals surface area contributed by atoms with Crippen molar-refractivity contribution in [1.29, 1.82) is 0 Å². The van der Waals surface area contributed by atoms with Gasteiger partial charge in [0.1, 0.15) is 13.2 Å². The van der Waals surface area contributed by atoms with Gasteiger partial charge < -0.3 is 14.5 Å². The maximum Gasteiger partial charge on any atom is 0.221 e. The van der Waals surface area contributed by atoms with Gasteiger partial charge >= 0.3 is 0 Å². The fourth-order valence-corrected chi connectivity index (χ4v) is 3.91. The van der Waals surface area contributed by atoms with Gasteiger partial charge in [-0.1, -0.05) is 69.9 Å². The molecule has 1 N–H and O–H groups in total. The van der Waals surface area contributed by atoms with Crippen LogP contribution in [0.1, 0.15) is 88.4 Å². The number of ether oxygens (including phenoxy) is 1. The van der Waals surface area contributed by atoms with E-state index in [0.29, 0.717) is 34.9 Å². The minimum Gasteiger partial charge on any atom is -0.485 e. The molecule has 0 fully saturated rings. The Kier molecular flexibility index (Phi) is 13.5. The summed E-state index contributed by atoms with van der Waals surface area (Å²) in [6.07, 6.45) is 14.1. The highest BCUT2D eigenvalue weighted by Gasteiger charge is 2.17. The van der Waals surface area contributed by atoms with Crippen LogP contribution in [0.25, 0.3) is 0 Å². The average molecular weight is 454 g/mol. The molecule has 5 nitrogen and oxygen atoms in total. The molecular formula is C25H42ClN2O3+. The van der Waals surface area contributed by atoms with Crippen LogP contribution in [0.15, 0.2) is 12.1 Å². The molecule has 1 aromatic carbocycles. The lowest BCUT2D eigenvalue weighted by Gasteiger charge is -2.30. The van der Waals surface area contributed by atoms with Crippen LogP contribution in [-0.4, -0.2) is 50.5 Å². The molecule has 0 unspecified atom stereocenters. The fourth-order valence-electron chi connectivity index (χ4n) is 3.68. The molecule has 0 saturated heterocycles. The molecule has 6 heteroatoms. The molecule has 0 aliphatic carbocycles. The summed E-state index contributed by atoms with van der Waals surface area (Å²) in [5.41, 5.74) is 0.776. The van der Waals surface area contributed by atoms with Crippen LogP contribution in [0, 0.1) is 0 Å². The zero-order valence-corrected chi connectivity index (χ0v) is 20.7. The van der Waals surface area contributed by atoms with Crippen LogP contribution in [-0.2, 0) is 4.79 Å². The molecule has 1 amide bonds. The van der Waals surface area contributed by atoms with Gasteiger partial charge in [0.25, 0.3) is 0 Å². The number of quaternary nitrogens is 1. The summed E-state index contributed by atoms with van der Waals surface area (Å²) in [7, 11) is 4.41. The number of benzene rings is 1. The van der Waals surface area contributed by atoms with Crippen LogP contribution in [0.5, 0.6) is 5.75 Å². The van der Waals surface area contributed by atoms with Crippen LogP contribution in [0.4, 0.5) is 5.69 Å². The number of hydrogen-bond donors (Lipinski definition) is 1. The molecular weight excluding hydrogens is 412 g/mol. The molecule has 0 bridgehead atoms. The van der Waals surface area contributed by atoms with Crippen LogP contribution < -0.4 is 10.1 Å². The van der Waals surface area contributed by atoms with Crippen molar-refractivity contribution >= 4 is 29.5 Å². The standard InChI is InChI=1S/C25H41ClN2O3/c1-5-6-7-8-9-10-11-12-13-14-15-28(3,4)16-17-31-25-22(20-29)18-23(26)19-24(25)27-21(2)30/h18-20H,5-17H2,1-4H3/p+1. The first-order valence-corrected chi connectivity index (χ1v) is 12.2. The Morgan fingerprint density at radius 3 is 2.13 bits per heavy atom. The SMILES string of the molecule is CCCCCCCCCCCC[N+](C)(C)CCOc1c(C=O)cc(Cl)cc1NC(C)=O. The molecule has 176 valence electrons. The quantitative estimate of drug-likeness (QED) is 0.167. The Hall–Kier alpha value is -1.59. The molecule has 0 aromatic heterocycles. The number of hydrogen-bond acceptors (Lipinski definition) is 3. The van der Waals surface area contributed by atoms with Gasteiger partial charge in [0, 0.05) is 11.9 Å². The zero-order chi connectivity index (χ0) is 23.1. The maximum absolute atomic E-state index is 11.5. The molecule has 1 aromatic rings. The van der Waals surface area contributed by atoms with E-state index in [4.69, 9.17) is 16.3 Å². The molecule has 0 heterocycles. The Morgan fingerprint density at radius 2 is 1.58 bits per heavy atom. The van der Waals surface area contributed by atoms with E-state index < -0.39 is 0 Å². The molecule has 31 heavy (non-hydrogen) atoms. The summed E-state index contributed by atoms with van der Waals surface area (Å²) in [4.78, 5) is 22.9. The van der Waals surface area contributed by atoms with Crippen molar-refractivity contribution in [3.63, 3.8) is 0 Å². The van der Waals surface area contributed by atoms with E-state index in [2.05, 4.69) is 26.3 Å². The minimum absolute atomic E-state index is 0.235. The average Bonchev–Trinajstić information content (AvgIpc) is 2.70. The second-order valence-electron chi connectivity index (χ2n) is 9.08. The number of nitrogens with one attached hydrogen (secondary N) is 1. The third kappa shape index (κ3) is 12.1. The first kappa shape index (κ1) is 27.4. The van der Waals surface area contributed by atoms with Gasteiger partial charge in [-0.3, -0.25) is 9.59 Å². The monoisotopic (exact) mass is 453 g/mol. The number of halogens is 1. The molecule has 0 aliphatic rings. The number of anilines is 1. The van der Waals surface area contributed by atoms with E-state index in [1.165, 1.54) is 71.1 Å². The van der Waals surface area contributed by atoms with E-state index in [9.17, 15) is 9.59 Å². The lowest BCUT2D eigenvalue weighted by Crippen LogP contribution is -2.43. The van der Waals surface area contributed by atoms with E-state index >= 15 is 0 Å². The highest BCUT2D eigenvalue weighted by atomic mass is 35.5. The van der Waals surface area contributed by atoms with E-state index in [1.807, 2.05) is 0 Å². The number of aldehydes is 1. The third-order valence-electron chi connectivity index (χ3n) is 5.58. The second-order valence-corrected chi connectivity index (χ2v) is 9.52. The van der Waals surface area contributed by atoms with Crippen LogP contribution in [0.2, 0.25) is 5.02 Å². The fraction of sp³-hybridized carbons (Fsp3) is 0.680. The Labute approximate surface area is 194 Å². The molecule has 0 aliphatic heterocycles. The molecule has 0 radical (unpaired) electrons. The molecule has 0 spiro atoms. The van der Waals surface area contributed by atoms with Gasteiger partial charge in [-0.15, -0.1) is 0 Å². The Morgan fingerprint density at radius 1 is 1.00 bits per heavy atom. The minimum atomic E-state index is -0.235. The lowest BCUT2D eigenvalue weighted by atomic mass is 10.1. The van der Waals surface area contributed by atoms with Crippen molar-refractivity contribution < 1.29 is 18.8 Å². The van der Waals surface area contributed by atoms with Gasteiger partial charge in [-0.25, -0.2) is 0 Å². The molecule has 0 saturated carbocycles. The third-order valence-corrected chi connectivity index (χ3v) is 5.80. The molecule has 1 rings (SSSR count). The van der Waals surface area contributed by atoms with Crippen molar-refractivity contribution in [2.24, 2.45) is 0 Å². The number of carbonyl (C=O) groups excluding carboxylic acids is 2. The number of unbranched alkanes of at least 4 members (excludes halogenated alkanes) is 9. The lowest BCUT2D eigenvalue weighted by molar-refractivity contribution is -0.890. The number of carbonyl (C=O) groups is 2. The van der Waals surface area contributed by atoms with Crippen molar-refractivity contribution in [2.45, 2.75) is 78.1 Å². The largest absolute Gasteiger partial charge is 0.485 e. The topological polar surface area (TPSA) is 55.4 Å². The van der Waals surface area contributed by atoms with Crippen molar-refractivity contribution in [3.8, 4) is 5.75 Å². The summed E-state index contributed by atoms with van der Waals surface area (Å²) >= 11 is 6.05. The van der Waals surface area contributed by atoms with Crippen LogP contribution in [0.3, 0.4) is 0 Å². The second kappa shape index (κ2) is 15.3. The first-order valence-electron chi connectivity index (χ1n) is 11.8. The Bertz CT molecular complexity index is 677.